The minimum Gasteiger partial charge on any atom is -0.391 e. The van der Waals surface area contributed by atoms with Crippen molar-refractivity contribution in [3.63, 3.8) is 0 Å². The van der Waals surface area contributed by atoms with Gasteiger partial charge in [0.1, 0.15) is 0 Å². The number of aryl methyl sites for hydroxylation is 2. The minimum absolute atomic E-state index is 0.0422. The summed E-state index contributed by atoms with van der Waals surface area (Å²) in [6, 6.07) is 8.05. The zero-order chi connectivity index (χ0) is 17.9. The molecule has 1 aromatic carbocycles. The summed E-state index contributed by atoms with van der Waals surface area (Å²) in [5, 5.41) is 10.1. The van der Waals surface area contributed by atoms with E-state index in [1.54, 1.807) is 4.90 Å². The van der Waals surface area contributed by atoms with Crippen molar-refractivity contribution in [3.8, 4) is 0 Å². The molecule has 0 unspecified atom stereocenters. The molecule has 1 aliphatic heterocycles. The predicted molar refractivity (Wildman–Crippen MR) is 93.1 cm³/mol. The minimum atomic E-state index is -3.39. The van der Waals surface area contributed by atoms with E-state index in [2.05, 4.69) is 0 Å². The monoisotopic (exact) mass is 354 g/mol. The van der Waals surface area contributed by atoms with Crippen LogP contribution < -0.4 is 0 Å². The highest BCUT2D eigenvalue weighted by Crippen LogP contribution is 2.21. The van der Waals surface area contributed by atoms with Crippen molar-refractivity contribution in [3.05, 3.63) is 35.4 Å². The van der Waals surface area contributed by atoms with E-state index < -0.39 is 22.0 Å². The van der Waals surface area contributed by atoms with Crippen LogP contribution in [0.25, 0.3) is 0 Å². The molecular weight excluding hydrogens is 328 g/mol. The second-order valence-corrected chi connectivity index (χ2v) is 8.90. The Labute approximate surface area is 144 Å². The predicted octanol–water partition coefficient (Wildman–Crippen LogP) is 0.638. The van der Waals surface area contributed by atoms with Crippen LogP contribution in [0.15, 0.2) is 24.3 Å². The molecule has 1 heterocycles. The molecule has 2 atom stereocenters. The number of aliphatic hydroxyl groups is 1. The number of carbonyl (C=O) groups is 1. The summed E-state index contributed by atoms with van der Waals surface area (Å²) in [5.41, 5.74) is 2.28. The Morgan fingerprint density at radius 1 is 1.25 bits per heavy atom. The fourth-order valence-electron chi connectivity index (χ4n) is 2.81. The zero-order valence-corrected chi connectivity index (χ0v) is 15.3. The fourth-order valence-corrected chi connectivity index (χ4v) is 3.97. The molecule has 0 spiro atoms. The molecule has 2 rings (SSSR count). The number of rotatable bonds is 6. The molecular formula is C17H26N2O4S. The van der Waals surface area contributed by atoms with Gasteiger partial charge in [0.2, 0.25) is 15.9 Å². The molecule has 0 aliphatic carbocycles. The topological polar surface area (TPSA) is 77.9 Å². The molecule has 7 heteroatoms. The molecule has 134 valence electrons. The summed E-state index contributed by atoms with van der Waals surface area (Å²) < 4.78 is 25.1. The number of β-amino-alcohol motifs (C(OH)–C–C–N with tert-alkyl or cyclic N) is 1. The van der Waals surface area contributed by atoms with Crippen LogP contribution in [-0.4, -0.2) is 67.7 Å². The van der Waals surface area contributed by atoms with Crippen molar-refractivity contribution in [1.29, 1.82) is 0 Å². The molecule has 1 aliphatic rings. The molecule has 0 bridgehead atoms. The molecule has 0 radical (unpaired) electrons. The summed E-state index contributed by atoms with van der Waals surface area (Å²) in [5.74, 6) is -0.608. The van der Waals surface area contributed by atoms with Gasteiger partial charge < -0.3 is 10.0 Å². The summed E-state index contributed by atoms with van der Waals surface area (Å²) in [7, 11) is -0.441. The van der Waals surface area contributed by atoms with Crippen LogP contribution in [0.4, 0.5) is 0 Å². The largest absolute Gasteiger partial charge is 0.391 e. The number of carbonyl (C=O) groups excluding carboxylic acids is 1. The van der Waals surface area contributed by atoms with Gasteiger partial charge in [-0.25, -0.2) is 12.7 Å². The van der Waals surface area contributed by atoms with Gasteiger partial charge in [0, 0.05) is 39.5 Å². The van der Waals surface area contributed by atoms with E-state index in [9.17, 15) is 18.3 Å². The third kappa shape index (κ3) is 4.78. The number of likely N-dealkylation sites (tertiary alicyclic amines) is 1. The van der Waals surface area contributed by atoms with E-state index in [0.717, 1.165) is 9.87 Å². The average Bonchev–Trinajstić information content (AvgIpc) is 2.87. The molecule has 24 heavy (non-hydrogen) atoms. The first-order valence-electron chi connectivity index (χ1n) is 8.10. The highest BCUT2D eigenvalue weighted by atomic mass is 32.2. The number of aliphatic hydroxyl groups excluding tert-OH is 1. The van der Waals surface area contributed by atoms with Gasteiger partial charge in [-0.05, 0) is 18.9 Å². The lowest BCUT2D eigenvalue weighted by atomic mass is 10.1. The summed E-state index contributed by atoms with van der Waals surface area (Å²) >= 11 is 0. The number of hydrogen-bond acceptors (Lipinski definition) is 4. The van der Waals surface area contributed by atoms with E-state index in [1.165, 1.54) is 19.7 Å². The van der Waals surface area contributed by atoms with Gasteiger partial charge in [-0.3, -0.25) is 4.79 Å². The Kier molecular flexibility index (Phi) is 6.01. The van der Waals surface area contributed by atoms with Crippen LogP contribution >= 0.6 is 0 Å². The maximum atomic E-state index is 12.3. The van der Waals surface area contributed by atoms with E-state index in [0.29, 0.717) is 19.4 Å². The Bertz CT molecular complexity index is 670. The van der Waals surface area contributed by atoms with Crippen molar-refractivity contribution >= 4 is 15.9 Å². The summed E-state index contributed by atoms with van der Waals surface area (Å²) in [6.07, 6.45) is 0.220. The summed E-state index contributed by atoms with van der Waals surface area (Å²) in [4.78, 5) is 13.9. The van der Waals surface area contributed by atoms with E-state index >= 15 is 0 Å². The third-order valence-electron chi connectivity index (χ3n) is 4.49. The normalized spacial score (nSPS) is 21.5. The molecule has 6 nitrogen and oxygen atoms in total. The van der Waals surface area contributed by atoms with Gasteiger partial charge >= 0.3 is 0 Å². The molecule has 0 saturated carbocycles. The Morgan fingerprint density at radius 2 is 1.88 bits per heavy atom. The van der Waals surface area contributed by atoms with Crippen molar-refractivity contribution in [2.75, 3.05) is 32.9 Å². The lowest BCUT2D eigenvalue weighted by molar-refractivity contribution is -0.130. The molecule has 1 amide bonds. The second-order valence-electron chi connectivity index (χ2n) is 6.67. The Balaban J connectivity index is 1.89. The van der Waals surface area contributed by atoms with Crippen LogP contribution in [0.3, 0.4) is 0 Å². The van der Waals surface area contributed by atoms with Crippen LogP contribution in [0.1, 0.15) is 17.5 Å². The Hall–Kier alpha value is -1.44. The molecule has 1 aromatic rings. The lowest BCUT2D eigenvalue weighted by Gasteiger charge is -2.18. The van der Waals surface area contributed by atoms with Crippen molar-refractivity contribution in [2.24, 2.45) is 5.92 Å². The van der Waals surface area contributed by atoms with Crippen LogP contribution in [0.5, 0.6) is 0 Å². The number of hydrogen-bond donors (Lipinski definition) is 1. The molecule has 1 saturated heterocycles. The van der Waals surface area contributed by atoms with Crippen LogP contribution in [-0.2, 0) is 21.2 Å². The van der Waals surface area contributed by atoms with E-state index in [4.69, 9.17) is 0 Å². The quantitative estimate of drug-likeness (QED) is 0.813. The van der Waals surface area contributed by atoms with Gasteiger partial charge in [-0.15, -0.1) is 0 Å². The van der Waals surface area contributed by atoms with Gasteiger partial charge in [0.05, 0.1) is 11.9 Å². The maximum Gasteiger partial charge on any atom is 0.223 e. The zero-order valence-electron chi connectivity index (χ0n) is 14.5. The molecule has 1 N–H and O–H groups in total. The molecule has 1 fully saturated rings. The van der Waals surface area contributed by atoms with E-state index in [-0.39, 0.29) is 18.2 Å². The first-order valence-corrected chi connectivity index (χ1v) is 9.71. The standard InChI is InChI=1S/C17H26N2O4S/c1-13-4-6-14(7-5-13)8-9-17(21)19-10-15(16(20)11-19)12-24(22,23)18(2)3/h4-7,15-16,20H,8-12H2,1-3H3/t15-,16+/m0/s1. The van der Waals surface area contributed by atoms with Crippen LogP contribution in [0, 0.1) is 12.8 Å². The number of benzene rings is 1. The second kappa shape index (κ2) is 7.63. The van der Waals surface area contributed by atoms with Crippen molar-refractivity contribution in [2.45, 2.75) is 25.9 Å². The van der Waals surface area contributed by atoms with Crippen molar-refractivity contribution < 1.29 is 18.3 Å². The molecule has 0 aromatic heterocycles. The smallest absolute Gasteiger partial charge is 0.223 e. The summed E-state index contributed by atoms with van der Waals surface area (Å²) in [6.45, 7) is 2.52. The lowest BCUT2D eigenvalue weighted by Crippen LogP contribution is -2.33. The number of sulfonamides is 1. The first kappa shape index (κ1) is 18.9. The number of nitrogens with zero attached hydrogens (tertiary/aromatic N) is 2. The average molecular weight is 354 g/mol. The Morgan fingerprint density at radius 3 is 2.46 bits per heavy atom. The van der Waals surface area contributed by atoms with Gasteiger partial charge in [0.15, 0.2) is 0 Å². The highest BCUT2D eigenvalue weighted by molar-refractivity contribution is 7.89. The number of amides is 1. The maximum absolute atomic E-state index is 12.3. The highest BCUT2D eigenvalue weighted by Gasteiger charge is 2.37. The van der Waals surface area contributed by atoms with Gasteiger partial charge in [0.25, 0.3) is 0 Å². The van der Waals surface area contributed by atoms with Gasteiger partial charge in [-0.2, -0.15) is 0 Å². The van der Waals surface area contributed by atoms with Gasteiger partial charge in [-0.1, -0.05) is 29.8 Å². The van der Waals surface area contributed by atoms with E-state index in [1.807, 2.05) is 31.2 Å². The SMILES string of the molecule is Cc1ccc(CCC(=O)N2C[C@@H](CS(=O)(=O)N(C)C)[C@H](O)C2)cc1. The van der Waals surface area contributed by atoms with Crippen molar-refractivity contribution in [1.82, 2.24) is 9.21 Å². The van der Waals surface area contributed by atoms with Crippen LogP contribution in [0.2, 0.25) is 0 Å². The third-order valence-corrected chi connectivity index (χ3v) is 6.45. The first-order chi connectivity index (χ1) is 11.2. The fraction of sp³-hybridized carbons (Fsp3) is 0.588.